The van der Waals surface area contributed by atoms with Crippen LogP contribution in [-0.2, 0) is 19.1 Å². The Morgan fingerprint density at radius 3 is 2.59 bits per heavy atom. The molecule has 0 saturated heterocycles. The van der Waals surface area contributed by atoms with Crippen LogP contribution in [0.2, 0.25) is 0 Å². The van der Waals surface area contributed by atoms with E-state index in [0.29, 0.717) is 11.3 Å². The summed E-state index contributed by atoms with van der Waals surface area (Å²) in [4.78, 5) is 42.2. The SMILES string of the molecule is CCOC(=O)C1=C(C)N(CC(=O)NC(C)CCCN(CC)CC)C(=O)CC1c1cccc(F)c1. The van der Waals surface area contributed by atoms with Crippen LogP contribution in [0.5, 0.6) is 0 Å². The van der Waals surface area contributed by atoms with Gasteiger partial charge >= 0.3 is 5.97 Å². The smallest absolute Gasteiger partial charge is 0.336 e. The number of amides is 2. The first-order valence-electron chi connectivity index (χ1n) is 12.2. The molecule has 1 aromatic carbocycles. The summed E-state index contributed by atoms with van der Waals surface area (Å²) in [5.41, 5.74) is 1.18. The van der Waals surface area contributed by atoms with Gasteiger partial charge in [0.2, 0.25) is 11.8 Å². The monoisotopic (exact) mass is 475 g/mol. The standard InChI is InChI=1S/C26H38FN3O4/c1-6-29(7-2)14-10-11-18(4)28-23(31)17-30-19(5)25(26(33)34-8-3)22(16-24(30)32)20-12-9-13-21(27)15-20/h9,12-13,15,18,22H,6-8,10-11,14,16-17H2,1-5H3,(H,28,31). The van der Waals surface area contributed by atoms with Crippen molar-refractivity contribution >= 4 is 17.8 Å². The number of benzene rings is 1. The fourth-order valence-electron chi connectivity index (χ4n) is 4.38. The third kappa shape index (κ3) is 7.38. The van der Waals surface area contributed by atoms with E-state index in [4.69, 9.17) is 4.74 Å². The van der Waals surface area contributed by atoms with Gasteiger partial charge in [-0.15, -0.1) is 0 Å². The van der Waals surface area contributed by atoms with Gasteiger partial charge in [0.25, 0.3) is 0 Å². The van der Waals surface area contributed by atoms with Crippen molar-refractivity contribution in [3.8, 4) is 0 Å². The highest BCUT2D eigenvalue weighted by Crippen LogP contribution is 2.37. The van der Waals surface area contributed by atoms with E-state index in [1.807, 2.05) is 6.92 Å². The van der Waals surface area contributed by atoms with Crippen molar-refractivity contribution in [3.05, 3.63) is 46.9 Å². The van der Waals surface area contributed by atoms with Crippen molar-refractivity contribution in [2.75, 3.05) is 32.8 Å². The number of allylic oxidation sites excluding steroid dienone is 1. The molecule has 2 rings (SSSR count). The lowest BCUT2D eigenvalue weighted by molar-refractivity contribution is -0.141. The van der Waals surface area contributed by atoms with E-state index in [0.717, 1.165) is 32.5 Å². The van der Waals surface area contributed by atoms with E-state index in [9.17, 15) is 18.8 Å². The van der Waals surface area contributed by atoms with Crippen molar-refractivity contribution in [3.63, 3.8) is 0 Å². The number of hydrogen-bond acceptors (Lipinski definition) is 5. The topological polar surface area (TPSA) is 79.0 Å². The maximum atomic E-state index is 13.9. The van der Waals surface area contributed by atoms with Crippen molar-refractivity contribution in [2.24, 2.45) is 0 Å². The molecule has 1 aliphatic heterocycles. The van der Waals surface area contributed by atoms with Crippen LogP contribution >= 0.6 is 0 Å². The number of rotatable bonds is 12. The minimum absolute atomic E-state index is 0.0307. The molecule has 2 unspecified atom stereocenters. The van der Waals surface area contributed by atoms with Crippen molar-refractivity contribution < 1.29 is 23.5 Å². The van der Waals surface area contributed by atoms with Crippen LogP contribution in [0.15, 0.2) is 35.5 Å². The highest BCUT2D eigenvalue weighted by atomic mass is 19.1. The summed E-state index contributed by atoms with van der Waals surface area (Å²) >= 11 is 0. The number of carbonyl (C=O) groups excluding carboxylic acids is 3. The molecule has 1 heterocycles. The largest absolute Gasteiger partial charge is 0.463 e. The normalized spacial score (nSPS) is 17.2. The van der Waals surface area contributed by atoms with Gasteiger partial charge in [-0.05, 0) is 70.9 Å². The average molecular weight is 476 g/mol. The maximum Gasteiger partial charge on any atom is 0.336 e. The molecule has 34 heavy (non-hydrogen) atoms. The van der Waals surface area contributed by atoms with Gasteiger partial charge in [-0.1, -0.05) is 26.0 Å². The van der Waals surface area contributed by atoms with Gasteiger partial charge in [-0.3, -0.25) is 9.59 Å². The van der Waals surface area contributed by atoms with Gasteiger partial charge in [0.15, 0.2) is 0 Å². The van der Waals surface area contributed by atoms with Crippen molar-refractivity contribution in [1.29, 1.82) is 0 Å². The van der Waals surface area contributed by atoms with E-state index in [1.54, 1.807) is 26.0 Å². The highest BCUT2D eigenvalue weighted by Gasteiger charge is 2.37. The molecule has 0 bridgehead atoms. The summed E-state index contributed by atoms with van der Waals surface area (Å²) in [6.45, 7) is 12.5. The van der Waals surface area contributed by atoms with E-state index in [2.05, 4.69) is 24.1 Å². The lowest BCUT2D eigenvalue weighted by Crippen LogP contribution is -2.46. The number of carbonyl (C=O) groups is 3. The lowest BCUT2D eigenvalue weighted by Gasteiger charge is -2.34. The molecule has 188 valence electrons. The van der Waals surface area contributed by atoms with Gasteiger partial charge in [-0.25, -0.2) is 9.18 Å². The van der Waals surface area contributed by atoms with Crippen LogP contribution in [0.3, 0.4) is 0 Å². The molecule has 0 radical (unpaired) electrons. The summed E-state index contributed by atoms with van der Waals surface area (Å²) in [6, 6.07) is 5.85. The number of hydrogen-bond donors (Lipinski definition) is 1. The minimum Gasteiger partial charge on any atom is -0.463 e. The summed E-state index contributed by atoms with van der Waals surface area (Å²) in [6.07, 6.45) is 1.76. The Balaban J connectivity index is 2.14. The Hall–Kier alpha value is -2.74. The Morgan fingerprint density at radius 1 is 1.26 bits per heavy atom. The third-order valence-corrected chi connectivity index (χ3v) is 6.28. The molecular weight excluding hydrogens is 437 g/mol. The first-order chi connectivity index (χ1) is 16.2. The van der Waals surface area contributed by atoms with E-state index >= 15 is 0 Å². The van der Waals surface area contributed by atoms with Gasteiger partial charge < -0.3 is 19.9 Å². The predicted molar refractivity (Wildman–Crippen MR) is 129 cm³/mol. The molecule has 0 fully saturated rings. The molecule has 1 N–H and O–H groups in total. The zero-order valence-electron chi connectivity index (χ0n) is 21.0. The Bertz CT molecular complexity index is 898. The molecular formula is C26H38FN3O4. The average Bonchev–Trinajstić information content (AvgIpc) is 2.79. The number of esters is 1. The lowest BCUT2D eigenvalue weighted by atomic mass is 9.83. The second-order valence-electron chi connectivity index (χ2n) is 8.65. The third-order valence-electron chi connectivity index (χ3n) is 6.28. The molecule has 0 spiro atoms. The molecule has 1 aromatic rings. The van der Waals surface area contributed by atoms with E-state index in [1.165, 1.54) is 17.0 Å². The summed E-state index contributed by atoms with van der Waals surface area (Å²) in [5.74, 6) is -2.19. The molecule has 0 saturated carbocycles. The number of ether oxygens (including phenoxy) is 1. The zero-order valence-corrected chi connectivity index (χ0v) is 21.0. The highest BCUT2D eigenvalue weighted by molar-refractivity contribution is 5.97. The van der Waals surface area contributed by atoms with Gasteiger partial charge in [0, 0.05) is 24.1 Å². The maximum absolute atomic E-state index is 13.9. The summed E-state index contributed by atoms with van der Waals surface area (Å²) in [5, 5.41) is 2.96. The second kappa shape index (κ2) is 13.2. The molecule has 0 aromatic heterocycles. The molecule has 7 nitrogen and oxygen atoms in total. The van der Waals surface area contributed by atoms with Crippen LogP contribution < -0.4 is 5.32 Å². The molecule has 2 atom stereocenters. The first kappa shape index (κ1) is 27.5. The molecule has 1 aliphatic rings. The first-order valence-corrected chi connectivity index (χ1v) is 12.2. The molecule has 2 amide bonds. The zero-order chi connectivity index (χ0) is 25.3. The van der Waals surface area contributed by atoms with Crippen LogP contribution in [0.4, 0.5) is 4.39 Å². The number of nitrogens with one attached hydrogen (secondary N) is 1. The van der Waals surface area contributed by atoms with Gasteiger partial charge in [-0.2, -0.15) is 0 Å². The van der Waals surface area contributed by atoms with Crippen molar-refractivity contribution in [1.82, 2.24) is 15.1 Å². The Kier molecular flexibility index (Phi) is 10.7. The second-order valence-corrected chi connectivity index (χ2v) is 8.65. The van der Waals surface area contributed by atoms with Crippen LogP contribution in [-0.4, -0.2) is 66.4 Å². The van der Waals surface area contributed by atoms with E-state index in [-0.39, 0.29) is 43.0 Å². The van der Waals surface area contributed by atoms with Crippen LogP contribution in [0.1, 0.15) is 65.4 Å². The minimum atomic E-state index is -0.624. The number of halogens is 1. The van der Waals surface area contributed by atoms with Gasteiger partial charge in [0.1, 0.15) is 12.4 Å². The molecule has 8 heteroatoms. The fourth-order valence-corrected chi connectivity index (χ4v) is 4.38. The van der Waals surface area contributed by atoms with E-state index < -0.39 is 17.7 Å². The predicted octanol–water partition coefficient (Wildman–Crippen LogP) is 3.61. The fraction of sp³-hybridized carbons (Fsp3) is 0.577. The van der Waals surface area contributed by atoms with Crippen LogP contribution in [0.25, 0.3) is 0 Å². The number of nitrogens with zero attached hydrogens (tertiary/aromatic N) is 2. The van der Waals surface area contributed by atoms with Crippen LogP contribution in [0, 0.1) is 5.82 Å². The molecule has 0 aliphatic carbocycles. The summed E-state index contributed by atoms with van der Waals surface area (Å²) < 4.78 is 19.1. The van der Waals surface area contributed by atoms with Gasteiger partial charge in [0.05, 0.1) is 12.2 Å². The summed E-state index contributed by atoms with van der Waals surface area (Å²) in [7, 11) is 0. The quantitative estimate of drug-likeness (QED) is 0.467. The Labute approximate surface area is 202 Å². The van der Waals surface area contributed by atoms with Crippen molar-refractivity contribution in [2.45, 2.75) is 65.8 Å². The Morgan fingerprint density at radius 2 is 1.97 bits per heavy atom.